The highest BCUT2D eigenvalue weighted by atomic mass is 35.5. The average molecular weight is 262 g/mol. The lowest BCUT2D eigenvalue weighted by atomic mass is 9.60. The number of benzene rings is 1. The first-order valence-corrected chi connectivity index (χ1v) is 6.65. The van der Waals surface area contributed by atoms with Crippen molar-refractivity contribution in [1.29, 1.82) is 0 Å². The minimum atomic E-state index is -0.0811. The van der Waals surface area contributed by atoms with Crippen molar-refractivity contribution < 1.29 is 4.42 Å². The lowest BCUT2D eigenvalue weighted by Gasteiger charge is -2.46. The monoisotopic (exact) mass is 261 g/mol. The van der Waals surface area contributed by atoms with Gasteiger partial charge < -0.3 is 10.2 Å². The summed E-state index contributed by atoms with van der Waals surface area (Å²) in [7, 11) is 0. The Labute approximate surface area is 112 Å². The third-order valence-electron chi connectivity index (χ3n) is 4.11. The smallest absolute Gasteiger partial charge is 0.121 e. The van der Waals surface area contributed by atoms with Gasteiger partial charge >= 0.3 is 0 Å². The quantitative estimate of drug-likeness (QED) is 0.905. The SMILES string of the molecule is NC(c1ccco1)C1(c2ccc(Cl)cc2)CCC1. The van der Waals surface area contributed by atoms with Crippen LogP contribution in [0.4, 0.5) is 0 Å². The summed E-state index contributed by atoms with van der Waals surface area (Å²) in [6.45, 7) is 0. The van der Waals surface area contributed by atoms with Crippen LogP contribution in [0.15, 0.2) is 47.1 Å². The molecule has 1 saturated carbocycles. The first-order chi connectivity index (χ1) is 8.72. The van der Waals surface area contributed by atoms with Gasteiger partial charge in [-0.1, -0.05) is 30.2 Å². The predicted octanol–water partition coefficient (Wildman–Crippen LogP) is 4.05. The minimum absolute atomic E-state index is 0.0163. The van der Waals surface area contributed by atoms with E-state index in [9.17, 15) is 0 Å². The number of halogens is 1. The highest BCUT2D eigenvalue weighted by Gasteiger charge is 2.45. The van der Waals surface area contributed by atoms with E-state index in [0.29, 0.717) is 0 Å². The van der Waals surface area contributed by atoms with E-state index in [0.717, 1.165) is 23.6 Å². The average Bonchev–Trinajstić information content (AvgIpc) is 2.83. The summed E-state index contributed by atoms with van der Waals surface area (Å²) < 4.78 is 5.47. The topological polar surface area (TPSA) is 39.2 Å². The second kappa shape index (κ2) is 4.45. The fourth-order valence-electron chi connectivity index (χ4n) is 2.86. The maximum atomic E-state index is 6.42. The molecule has 1 atom stereocenters. The van der Waals surface area contributed by atoms with Gasteiger partial charge in [-0.3, -0.25) is 0 Å². The molecule has 2 N–H and O–H groups in total. The highest BCUT2D eigenvalue weighted by Crippen LogP contribution is 2.51. The Hall–Kier alpha value is -1.25. The van der Waals surface area contributed by atoms with Gasteiger partial charge in [0.05, 0.1) is 12.3 Å². The summed E-state index contributed by atoms with van der Waals surface area (Å²) in [5.74, 6) is 0.865. The van der Waals surface area contributed by atoms with Crippen LogP contribution in [-0.2, 0) is 5.41 Å². The van der Waals surface area contributed by atoms with Crippen molar-refractivity contribution >= 4 is 11.6 Å². The molecule has 18 heavy (non-hydrogen) atoms. The van der Waals surface area contributed by atoms with Crippen molar-refractivity contribution in [2.75, 3.05) is 0 Å². The van der Waals surface area contributed by atoms with Crippen LogP contribution in [0.3, 0.4) is 0 Å². The third-order valence-corrected chi connectivity index (χ3v) is 4.36. The van der Waals surface area contributed by atoms with Crippen LogP contribution in [-0.4, -0.2) is 0 Å². The van der Waals surface area contributed by atoms with E-state index in [-0.39, 0.29) is 11.5 Å². The molecule has 2 nitrogen and oxygen atoms in total. The molecular weight excluding hydrogens is 246 g/mol. The van der Waals surface area contributed by atoms with Crippen molar-refractivity contribution in [2.24, 2.45) is 5.73 Å². The highest BCUT2D eigenvalue weighted by molar-refractivity contribution is 6.30. The second-order valence-corrected chi connectivity index (χ2v) is 5.45. The van der Waals surface area contributed by atoms with Gasteiger partial charge in [0, 0.05) is 10.4 Å². The van der Waals surface area contributed by atoms with Crippen LogP contribution in [0.2, 0.25) is 5.02 Å². The van der Waals surface area contributed by atoms with E-state index < -0.39 is 0 Å². The lowest BCUT2D eigenvalue weighted by molar-refractivity contribution is 0.179. The van der Waals surface area contributed by atoms with Gasteiger partial charge in [-0.25, -0.2) is 0 Å². The van der Waals surface area contributed by atoms with Crippen LogP contribution in [0.1, 0.15) is 36.6 Å². The number of rotatable bonds is 3. The van der Waals surface area contributed by atoms with Crippen LogP contribution in [0.25, 0.3) is 0 Å². The predicted molar refractivity (Wildman–Crippen MR) is 72.6 cm³/mol. The zero-order valence-corrected chi connectivity index (χ0v) is 10.9. The molecular formula is C15H16ClNO. The molecule has 0 aliphatic heterocycles. The third kappa shape index (κ3) is 1.76. The molecule has 0 saturated heterocycles. The fraction of sp³-hybridized carbons (Fsp3) is 0.333. The van der Waals surface area contributed by atoms with Gasteiger partial charge in [-0.15, -0.1) is 0 Å². The number of hydrogen-bond donors (Lipinski definition) is 1. The maximum absolute atomic E-state index is 6.42. The molecule has 3 heteroatoms. The van der Waals surface area contributed by atoms with Crippen molar-refractivity contribution in [3.8, 4) is 0 Å². The Kier molecular flexibility index (Phi) is 2.92. The number of nitrogens with two attached hydrogens (primary N) is 1. The van der Waals surface area contributed by atoms with Crippen molar-refractivity contribution in [1.82, 2.24) is 0 Å². The summed E-state index contributed by atoms with van der Waals surface area (Å²) in [6, 6.07) is 11.8. The molecule has 94 valence electrons. The fourth-order valence-corrected chi connectivity index (χ4v) is 2.99. The molecule has 0 radical (unpaired) electrons. The van der Waals surface area contributed by atoms with Crippen molar-refractivity contribution in [3.05, 3.63) is 59.0 Å². The van der Waals surface area contributed by atoms with E-state index in [2.05, 4.69) is 12.1 Å². The molecule has 3 rings (SSSR count). The Morgan fingerprint density at radius 1 is 1.17 bits per heavy atom. The van der Waals surface area contributed by atoms with E-state index in [1.165, 1.54) is 12.0 Å². The molecule has 1 aromatic heterocycles. The Morgan fingerprint density at radius 2 is 1.89 bits per heavy atom. The molecule has 1 unspecified atom stereocenters. The summed E-state index contributed by atoms with van der Waals surface area (Å²) in [5.41, 5.74) is 7.71. The van der Waals surface area contributed by atoms with E-state index >= 15 is 0 Å². The molecule has 1 aliphatic carbocycles. The molecule has 1 fully saturated rings. The largest absolute Gasteiger partial charge is 0.468 e. The van der Waals surface area contributed by atoms with Gasteiger partial charge in [-0.2, -0.15) is 0 Å². The molecule has 0 spiro atoms. The van der Waals surface area contributed by atoms with E-state index in [4.69, 9.17) is 21.8 Å². The molecule has 0 bridgehead atoms. The van der Waals surface area contributed by atoms with Gasteiger partial charge in [0.1, 0.15) is 5.76 Å². The van der Waals surface area contributed by atoms with Gasteiger partial charge in [-0.05, 0) is 42.7 Å². The summed E-state index contributed by atoms with van der Waals surface area (Å²) in [4.78, 5) is 0. The molecule has 1 aromatic carbocycles. The first-order valence-electron chi connectivity index (χ1n) is 6.27. The van der Waals surface area contributed by atoms with E-state index in [1.54, 1.807) is 6.26 Å². The zero-order valence-electron chi connectivity index (χ0n) is 10.1. The molecule has 0 amide bonds. The normalized spacial score (nSPS) is 19.2. The summed E-state index contributed by atoms with van der Waals surface area (Å²) in [5, 5.41) is 0.764. The number of hydrogen-bond acceptors (Lipinski definition) is 2. The van der Waals surface area contributed by atoms with Crippen molar-refractivity contribution in [3.63, 3.8) is 0 Å². The number of furan rings is 1. The van der Waals surface area contributed by atoms with Gasteiger partial charge in [0.15, 0.2) is 0 Å². The van der Waals surface area contributed by atoms with Crippen LogP contribution < -0.4 is 5.73 Å². The standard InChI is InChI=1S/C15H16ClNO/c16-12-6-4-11(5-7-12)15(8-2-9-15)14(17)13-3-1-10-18-13/h1,3-7,10,14H,2,8-9,17H2. The molecule has 1 heterocycles. The lowest BCUT2D eigenvalue weighted by Crippen LogP contribution is -2.44. The van der Waals surface area contributed by atoms with Crippen LogP contribution in [0.5, 0.6) is 0 Å². The first kappa shape index (κ1) is 11.8. The minimum Gasteiger partial charge on any atom is -0.468 e. The van der Waals surface area contributed by atoms with E-state index in [1.807, 2.05) is 24.3 Å². The van der Waals surface area contributed by atoms with Crippen molar-refractivity contribution in [2.45, 2.75) is 30.7 Å². The maximum Gasteiger partial charge on any atom is 0.121 e. The van der Waals surface area contributed by atoms with Crippen LogP contribution in [0, 0.1) is 0 Å². The Bertz CT molecular complexity index is 514. The van der Waals surface area contributed by atoms with Gasteiger partial charge in [0.25, 0.3) is 0 Å². The Morgan fingerprint density at radius 3 is 2.39 bits per heavy atom. The molecule has 1 aliphatic rings. The summed E-state index contributed by atoms with van der Waals surface area (Å²) in [6.07, 6.45) is 5.12. The van der Waals surface area contributed by atoms with Gasteiger partial charge in [0.2, 0.25) is 0 Å². The second-order valence-electron chi connectivity index (χ2n) is 5.01. The Balaban J connectivity index is 1.97. The van der Waals surface area contributed by atoms with Crippen LogP contribution >= 0.6 is 11.6 Å². The zero-order chi connectivity index (χ0) is 12.6. The summed E-state index contributed by atoms with van der Waals surface area (Å²) >= 11 is 5.95. The molecule has 2 aromatic rings.